The van der Waals surface area contributed by atoms with Gasteiger partial charge in [-0.25, -0.2) is 9.48 Å². The largest absolute Gasteiger partial charge is 0.448 e. The van der Waals surface area contributed by atoms with E-state index >= 15 is 0 Å². The number of rotatable bonds is 5. The Bertz CT molecular complexity index is 786. The first-order valence-electron chi connectivity index (χ1n) is 7.42. The van der Waals surface area contributed by atoms with Crippen LogP contribution in [0.15, 0.2) is 47.3 Å². The van der Waals surface area contributed by atoms with Crippen molar-refractivity contribution in [3.05, 3.63) is 64.1 Å². The van der Waals surface area contributed by atoms with Gasteiger partial charge in [0.2, 0.25) is 0 Å². The topological polar surface area (TPSA) is 81.5 Å². The summed E-state index contributed by atoms with van der Waals surface area (Å²) in [5, 5.41) is 3.80. The van der Waals surface area contributed by atoms with Gasteiger partial charge >= 0.3 is 5.97 Å². The fourth-order valence-electron chi connectivity index (χ4n) is 2.13. The molecule has 0 N–H and O–H groups in total. The van der Waals surface area contributed by atoms with Crippen molar-refractivity contribution in [2.24, 2.45) is 7.05 Å². The fraction of sp³-hybridized carbons (Fsp3) is 0.294. The zero-order valence-corrected chi connectivity index (χ0v) is 13.8. The fourth-order valence-corrected chi connectivity index (χ4v) is 2.13. The first-order chi connectivity index (χ1) is 11.4. The lowest BCUT2D eigenvalue weighted by Gasteiger charge is -2.21. The molecular weight excluding hydrogens is 310 g/mol. The minimum atomic E-state index is -0.953. The number of aromatic nitrogens is 2. The molecule has 0 radical (unpaired) electrons. The predicted octanol–water partition coefficient (Wildman–Crippen LogP) is 0.984. The van der Waals surface area contributed by atoms with Crippen LogP contribution in [-0.4, -0.2) is 39.7 Å². The molecule has 0 saturated heterocycles. The number of hydrogen-bond acceptors (Lipinski definition) is 5. The van der Waals surface area contributed by atoms with E-state index in [1.807, 2.05) is 30.3 Å². The number of carbonyl (C=O) groups excluding carboxylic acids is 2. The molecule has 24 heavy (non-hydrogen) atoms. The number of likely N-dealkylation sites (N-methyl/N-ethyl adjacent to an activating group) is 1. The van der Waals surface area contributed by atoms with Gasteiger partial charge in [-0.2, -0.15) is 5.10 Å². The van der Waals surface area contributed by atoms with E-state index in [1.54, 1.807) is 7.05 Å². The summed E-state index contributed by atoms with van der Waals surface area (Å²) in [7, 11) is 3.07. The lowest BCUT2D eigenvalue weighted by Crippen LogP contribution is -2.37. The molecule has 1 aromatic carbocycles. The van der Waals surface area contributed by atoms with Gasteiger partial charge in [-0.05, 0) is 18.6 Å². The van der Waals surface area contributed by atoms with Crippen molar-refractivity contribution in [2.75, 3.05) is 7.05 Å². The van der Waals surface area contributed by atoms with Crippen LogP contribution in [0.4, 0.5) is 0 Å². The molecule has 126 valence electrons. The Morgan fingerprint density at radius 2 is 1.88 bits per heavy atom. The third-order valence-corrected chi connectivity index (χ3v) is 3.44. The van der Waals surface area contributed by atoms with Crippen LogP contribution < -0.4 is 5.56 Å². The van der Waals surface area contributed by atoms with Crippen molar-refractivity contribution in [3.63, 3.8) is 0 Å². The number of benzene rings is 1. The van der Waals surface area contributed by atoms with Crippen molar-refractivity contribution in [1.29, 1.82) is 0 Å². The summed E-state index contributed by atoms with van der Waals surface area (Å²) in [5.41, 5.74) is 0.618. The first-order valence-corrected chi connectivity index (χ1v) is 7.42. The molecule has 0 aliphatic carbocycles. The second-order valence-electron chi connectivity index (χ2n) is 5.41. The van der Waals surface area contributed by atoms with Crippen LogP contribution in [-0.2, 0) is 23.1 Å². The summed E-state index contributed by atoms with van der Waals surface area (Å²) >= 11 is 0. The highest BCUT2D eigenvalue weighted by Gasteiger charge is 2.23. The van der Waals surface area contributed by atoms with Gasteiger partial charge in [0.15, 0.2) is 11.8 Å². The van der Waals surface area contributed by atoms with Crippen molar-refractivity contribution >= 4 is 11.9 Å². The molecule has 2 rings (SSSR count). The van der Waals surface area contributed by atoms with E-state index in [2.05, 4.69) is 5.10 Å². The lowest BCUT2D eigenvalue weighted by atomic mass is 10.2. The Morgan fingerprint density at radius 3 is 2.50 bits per heavy atom. The maximum absolute atomic E-state index is 12.3. The van der Waals surface area contributed by atoms with Crippen molar-refractivity contribution in [1.82, 2.24) is 14.7 Å². The standard InChI is InChI=1S/C17H19N3O4/c1-12(16(22)19(2)11-13-7-5-4-6-8-13)24-17(23)14-9-10-15(21)20(3)18-14/h4-10,12H,11H2,1-3H3. The summed E-state index contributed by atoms with van der Waals surface area (Å²) in [6.45, 7) is 1.92. The SMILES string of the molecule is CC(OC(=O)c1ccc(=O)n(C)n1)C(=O)N(C)Cc1ccccc1. The van der Waals surface area contributed by atoms with E-state index in [4.69, 9.17) is 4.74 Å². The summed E-state index contributed by atoms with van der Waals surface area (Å²) in [5.74, 6) is -1.07. The Kier molecular flexibility index (Phi) is 5.47. The van der Waals surface area contributed by atoms with Crippen molar-refractivity contribution in [2.45, 2.75) is 19.6 Å². The third-order valence-electron chi connectivity index (χ3n) is 3.44. The molecule has 0 aliphatic rings. The van der Waals surface area contributed by atoms with Crippen LogP contribution in [0.5, 0.6) is 0 Å². The van der Waals surface area contributed by atoms with Gasteiger partial charge in [0.05, 0.1) is 0 Å². The maximum atomic E-state index is 12.3. The number of aryl methyl sites for hydroxylation is 1. The molecule has 0 aliphatic heterocycles. The molecule has 0 saturated carbocycles. The van der Waals surface area contributed by atoms with Gasteiger partial charge in [-0.1, -0.05) is 30.3 Å². The zero-order valence-electron chi connectivity index (χ0n) is 13.8. The van der Waals surface area contributed by atoms with Gasteiger partial charge in [-0.15, -0.1) is 0 Å². The lowest BCUT2D eigenvalue weighted by molar-refractivity contribution is -0.139. The number of amides is 1. The highest BCUT2D eigenvalue weighted by atomic mass is 16.5. The van der Waals surface area contributed by atoms with E-state index in [1.165, 1.54) is 31.0 Å². The normalized spacial score (nSPS) is 11.6. The quantitative estimate of drug-likeness (QED) is 0.764. The van der Waals surface area contributed by atoms with Crippen molar-refractivity contribution < 1.29 is 14.3 Å². The molecule has 1 amide bonds. The monoisotopic (exact) mass is 329 g/mol. The first kappa shape index (κ1) is 17.4. The number of hydrogen-bond donors (Lipinski definition) is 0. The second-order valence-corrected chi connectivity index (χ2v) is 5.41. The number of esters is 1. The number of carbonyl (C=O) groups is 2. The van der Waals surface area contributed by atoms with E-state index in [9.17, 15) is 14.4 Å². The van der Waals surface area contributed by atoms with Gasteiger partial charge in [0.1, 0.15) is 0 Å². The molecule has 1 aromatic heterocycles. The molecule has 0 spiro atoms. The Labute approximate surface area is 139 Å². The highest BCUT2D eigenvalue weighted by molar-refractivity contribution is 5.90. The van der Waals surface area contributed by atoms with Crippen molar-refractivity contribution in [3.8, 4) is 0 Å². The molecular formula is C17H19N3O4. The maximum Gasteiger partial charge on any atom is 0.359 e. The Balaban J connectivity index is 1.98. The smallest absolute Gasteiger partial charge is 0.359 e. The molecule has 1 atom stereocenters. The average molecular weight is 329 g/mol. The van der Waals surface area contributed by atoms with Gasteiger partial charge in [0, 0.05) is 26.7 Å². The molecule has 7 nitrogen and oxygen atoms in total. The predicted molar refractivity (Wildman–Crippen MR) is 87.3 cm³/mol. The number of nitrogens with zero attached hydrogens (tertiary/aromatic N) is 3. The summed E-state index contributed by atoms with van der Waals surface area (Å²) < 4.78 is 6.18. The van der Waals surface area contributed by atoms with Gasteiger partial charge < -0.3 is 9.64 Å². The molecule has 1 unspecified atom stereocenters. The molecule has 7 heteroatoms. The molecule has 0 bridgehead atoms. The van der Waals surface area contributed by atoms with Crippen LogP contribution in [0.2, 0.25) is 0 Å². The summed E-state index contributed by atoms with van der Waals surface area (Å²) in [6.07, 6.45) is -0.953. The molecule has 2 aromatic rings. The molecule has 0 fully saturated rings. The van der Waals surface area contributed by atoms with Gasteiger partial charge in [0.25, 0.3) is 11.5 Å². The Morgan fingerprint density at radius 1 is 1.21 bits per heavy atom. The van der Waals surface area contributed by atoms with E-state index in [0.717, 1.165) is 10.2 Å². The summed E-state index contributed by atoms with van der Waals surface area (Å²) in [6, 6.07) is 12.0. The third kappa shape index (κ3) is 4.28. The average Bonchev–Trinajstić information content (AvgIpc) is 2.57. The van der Waals surface area contributed by atoms with E-state index < -0.39 is 12.1 Å². The zero-order chi connectivity index (χ0) is 17.7. The van der Waals surface area contributed by atoms with Gasteiger partial charge in [-0.3, -0.25) is 9.59 Å². The number of ether oxygens (including phenoxy) is 1. The van der Waals surface area contributed by atoms with E-state index in [-0.39, 0.29) is 17.2 Å². The van der Waals surface area contributed by atoms with Crippen LogP contribution in [0, 0.1) is 0 Å². The van der Waals surface area contributed by atoms with Crippen LogP contribution >= 0.6 is 0 Å². The summed E-state index contributed by atoms with van der Waals surface area (Å²) in [4.78, 5) is 37.1. The highest BCUT2D eigenvalue weighted by Crippen LogP contribution is 2.07. The van der Waals surface area contributed by atoms with Crippen LogP contribution in [0.1, 0.15) is 23.0 Å². The minimum absolute atomic E-state index is 0.0255. The molecule has 1 heterocycles. The second kappa shape index (κ2) is 7.54. The van der Waals surface area contributed by atoms with Crippen LogP contribution in [0.25, 0.3) is 0 Å². The minimum Gasteiger partial charge on any atom is -0.448 e. The Hall–Kier alpha value is -2.96. The van der Waals surface area contributed by atoms with E-state index in [0.29, 0.717) is 6.54 Å². The van der Waals surface area contributed by atoms with Crippen LogP contribution in [0.3, 0.4) is 0 Å².